The number of carboxylic acid groups (broad SMARTS) is 1. The highest BCUT2D eigenvalue weighted by Crippen LogP contribution is 2.36. The molecule has 0 aliphatic carbocycles. The standard InChI is InChI=1S/C26H24F4N2O4S.C16H14F3NO5S/c1-36-22-12-14-23(15-13-22)37(34,35)32(21-10-6-19(7-11-21)26(28,29)30)17-25(33)31-16-2-3-24(31)18-4-8-20(27)9-5-18;1-25-13-6-8-14(9-7-13)26(23,24)20(10-15(21)22)12-4-2-11(3-5-12)16(17,18)19/h4-15,24H,2-3,16-17H2,1H3;2-9H,10H2,1H3,(H,21,22). The van der Waals surface area contributed by atoms with Gasteiger partial charge in [0.2, 0.25) is 5.91 Å². The Balaban J connectivity index is 0.000000253. The van der Waals surface area contributed by atoms with Crippen molar-refractivity contribution >= 4 is 43.3 Å². The van der Waals surface area contributed by atoms with Crippen LogP contribution in [0.4, 0.5) is 42.1 Å². The van der Waals surface area contributed by atoms with Crippen LogP contribution in [0.1, 0.15) is 35.6 Å². The van der Waals surface area contributed by atoms with Crippen LogP contribution >= 0.6 is 0 Å². The number of carboxylic acids is 1. The number of ether oxygens (including phenoxy) is 2. The minimum Gasteiger partial charge on any atom is -0.497 e. The lowest BCUT2D eigenvalue weighted by atomic mass is 10.0. The summed E-state index contributed by atoms with van der Waals surface area (Å²) < 4.78 is 155. The molecule has 6 rings (SSSR count). The zero-order chi connectivity index (χ0) is 46.3. The first-order valence-electron chi connectivity index (χ1n) is 18.5. The summed E-state index contributed by atoms with van der Waals surface area (Å²) >= 11 is 0. The fourth-order valence-electron chi connectivity index (χ4n) is 6.45. The molecule has 1 amide bonds. The topological polar surface area (TPSA) is 151 Å². The van der Waals surface area contributed by atoms with E-state index in [1.54, 1.807) is 12.1 Å². The fourth-order valence-corrected chi connectivity index (χ4v) is 9.27. The van der Waals surface area contributed by atoms with Gasteiger partial charge < -0.3 is 19.5 Å². The number of carbonyl (C=O) groups is 2. The maximum Gasteiger partial charge on any atom is 0.416 e. The number of sulfonamides is 2. The van der Waals surface area contributed by atoms with Gasteiger partial charge in [-0.05, 0) is 128 Å². The largest absolute Gasteiger partial charge is 0.497 e. The minimum absolute atomic E-state index is 0.0882. The highest BCUT2D eigenvalue weighted by atomic mass is 32.2. The van der Waals surface area contributed by atoms with Crippen LogP contribution in [-0.2, 0) is 42.0 Å². The van der Waals surface area contributed by atoms with Gasteiger partial charge in [-0.3, -0.25) is 18.2 Å². The van der Waals surface area contributed by atoms with Gasteiger partial charge in [0.05, 0.1) is 52.6 Å². The number of benzene rings is 5. The van der Waals surface area contributed by atoms with Gasteiger partial charge in [0.15, 0.2) is 0 Å². The third-order valence-electron chi connectivity index (χ3n) is 9.65. The highest BCUT2D eigenvalue weighted by molar-refractivity contribution is 7.93. The maximum absolute atomic E-state index is 13.6. The molecule has 1 heterocycles. The summed E-state index contributed by atoms with van der Waals surface area (Å²) in [5.41, 5.74) is -1.49. The van der Waals surface area contributed by atoms with Crippen molar-refractivity contribution in [3.05, 3.63) is 144 Å². The number of carbonyl (C=O) groups excluding carboxylic acids is 1. The molecule has 1 aliphatic rings. The number of nitrogens with zero attached hydrogens (tertiary/aromatic N) is 3. The quantitative estimate of drug-likeness (QED) is 0.115. The zero-order valence-corrected chi connectivity index (χ0v) is 34.8. The third-order valence-corrected chi connectivity index (χ3v) is 13.2. The second kappa shape index (κ2) is 19.4. The SMILES string of the molecule is COc1ccc(S(=O)(=O)N(CC(=O)N2CCCC2c2ccc(F)cc2)c2ccc(C(F)(F)F)cc2)cc1.COc1ccc(S(=O)(=O)N(CC(=O)O)c2ccc(C(F)(F)F)cc2)cc1. The Morgan fingerprint density at radius 3 is 1.40 bits per heavy atom. The van der Waals surface area contributed by atoms with Crippen molar-refractivity contribution in [2.45, 2.75) is 41.0 Å². The lowest BCUT2D eigenvalue weighted by Gasteiger charge is -2.30. The van der Waals surface area contributed by atoms with Gasteiger partial charge in [-0.2, -0.15) is 26.3 Å². The van der Waals surface area contributed by atoms with E-state index in [2.05, 4.69) is 0 Å². The molecule has 1 saturated heterocycles. The number of aliphatic carboxylic acids is 1. The summed E-state index contributed by atoms with van der Waals surface area (Å²) in [5, 5.41) is 9.02. The lowest BCUT2D eigenvalue weighted by molar-refractivity contribution is -0.138. The molecule has 0 radical (unpaired) electrons. The summed E-state index contributed by atoms with van der Waals surface area (Å²) in [7, 11) is -5.83. The first kappa shape index (κ1) is 47.7. The smallest absolute Gasteiger partial charge is 0.416 e. The molecule has 336 valence electrons. The van der Waals surface area contributed by atoms with Crippen LogP contribution in [0.25, 0.3) is 0 Å². The molecule has 0 saturated carbocycles. The molecule has 1 atom stereocenters. The zero-order valence-electron chi connectivity index (χ0n) is 33.2. The molecule has 21 heteroatoms. The van der Waals surface area contributed by atoms with Crippen molar-refractivity contribution in [2.24, 2.45) is 0 Å². The fraction of sp³-hybridized carbons (Fsp3) is 0.238. The van der Waals surface area contributed by atoms with Crippen LogP contribution in [0.15, 0.2) is 131 Å². The van der Waals surface area contributed by atoms with Crippen LogP contribution < -0.4 is 18.1 Å². The van der Waals surface area contributed by atoms with Crippen molar-refractivity contribution in [1.29, 1.82) is 0 Å². The van der Waals surface area contributed by atoms with E-state index in [0.717, 1.165) is 40.7 Å². The van der Waals surface area contributed by atoms with E-state index in [-0.39, 0.29) is 27.2 Å². The molecule has 1 unspecified atom stereocenters. The molecule has 0 aromatic heterocycles. The number of likely N-dealkylation sites (tertiary alicyclic amines) is 1. The summed E-state index contributed by atoms with van der Waals surface area (Å²) in [6, 6.07) is 22.8. The summed E-state index contributed by atoms with van der Waals surface area (Å²) in [4.78, 5) is 25.7. The first-order chi connectivity index (χ1) is 29.6. The van der Waals surface area contributed by atoms with Crippen LogP contribution in [0.2, 0.25) is 0 Å². The monoisotopic (exact) mass is 925 g/mol. The third kappa shape index (κ3) is 11.6. The molecule has 63 heavy (non-hydrogen) atoms. The van der Waals surface area contributed by atoms with Crippen LogP contribution in [0.5, 0.6) is 11.5 Å². The average molecular weight is 926 g/mol. The Hall–Kier alpha value is -6.35. The molecule has 1 N–H and O–H groups in total. The maximum atomic E-state index is 13.6. The van der Waals surface area contributed by atoms with Crippen molar-refractivity contribution in [3.8, 4) is 11.5 Å². The molecule has 12 nitrogen and oxygen atoms in total. The Labute approximate surface area is 357 Å². The Morgan fingerprint density at radius 2 is 1.03 bits per heavy atom. The normalized spacial score (nSPS) is 14.3. The number of amides is 1. The Bertz CT molecular complexity index is 2580. The molecule has 5 aromatic rings. The van der Waals surface area contributed by atoms with E-state index in [1.165, 1.54) is 79.8 Å². The van der Waals surface area contributed by atoms with Crippen LogP contribution in [0, 0.1) is 5.82 Å². The van der Waals surface area contributed by atoms with Crippen LogP contribution in [-0.4, -0.2) is 72.6 Å². The highest BCUT2D eigenvalue weighted by Gasteiger charge is 2.36. The van der Waals surface area contributed by atoms with Crippen molar-refractivity contribution in [2.75, 3.05) is 42.5 Å². The number of alkyl halides is 6. The second-order valence-corrected chi connectivity index (χ2v) is 17.4. The Kier molecular flexibility index (Phi) is 14.7. The molecular weight excluding hydrogens is 888 g/mol. The molecule has 1 fully saturated rings. The number of anilines is 2. The summed E-state index contributed by atoms with van der Waals surface area (Å²) in [5.74, 6) is -1.59. The Morgan fingerprint density at radius 1 is 0.635 bits per heavy atom. The first-order valence-corrected chi connectivity index (χ1v) is 21.4. The van der Waals surface area contributed by atoms with E-state index >= 15 is 0 Å². The van der Waals surface area contributed by atoms with Gasteiger partial charge in [-0.15, -0.1) is 0 Å². The van der Waals surface area contributed by atoms with Gasteiger partial charge in [0, 0.05) is 6.54 Å². The van der Waals surface area contributed by atoms with Gasteiger partial charge in [0.1, 0.15) is 30.4 Å². The van der Waals surface area contributed by atoms with Gasteiger partial charge in [0.25, 0.3) is 20.0 Å². The van der Waals surface area contributed by atoms with Gasteiger partial charge in [-0.25, -0.2) is 21.2 Å². The number of halogens is 7. The molecule has 0 spiro atoms. The predicted molar refractivity (Wildman–Crippen MR) is 216 cm³/mol. The average Bonchev–Trinajstić information content (AvgIpc) is 3.75. The summed E-state index contributed by atoms with van der Waals surface area (Å²) in [6.07, 6.45) is -7.92. The van der Waals surface area contributed by atoms with E-state index in [9.17, 15) is 57.2 Å². The lowest BCUT2D eigenvalue weighted by Crippen LogP contribution is -2.42. The molecule has 0 bridgehead atoms. The number of rotatable bonds is 13. The van der Waals surface area contributed by atoms with E-state index in [4.69, 9.17) is 14.6 Å². The predicted octanol–water partition coefficient (Wildman–Crippen LogP) is 8.41. The van der Waals surface area contributed by atoms with E-state index in [0.29, 0.717) is 52.9 Å². The number of hydrogen-bond acceptors (Lipinski definition) is 8. The van der Waals surface area contributed by atoms with Gasteiger partial charge in [-0.1, -0.05) is 12.1 Å². The van der Waals surface area contributed by atoms with Crippen molar-refractivity contribution in [1.82, 2.24) is 4.90 Å². The minimum atomic E-state index is -4.61. The second-order valence-electron chi connectivity index (χ2n) is 13.7. The van der Waals surface area contributed by atoms with Gasteiger partial charge >= 0.3 is 18.3 Å². The van der Waals surface area contributed by atoms with Crippen molar-refractivity contribution in [3.63, 3.8) is 0 Å². The van der Waals surface area contributed by atoms with E-state index in [1.807, 2.05) is 0 Å². The summed E-state index contributed by atoms with van der Waals surface area (Å²) in [6.45, 7) is -1.21. The molecule has 1 aliphatic heterocycles. The van der Waals surface area contributed by atoms with Crippen molar-refractivity contribution < 1.29 is 71.7 Å². The van der Waals surface area contributed by atoms with E-state index < -0.39 is 74.3 Å². The number of hydrogen-bond donors (Lipinski definition) is 1. The van der Waals surface area contributed by atoms with Crippen LogP contribution in [0.3, 0.4) is 0 Å². The molecular formula is C42H38F7N3O9S2. The molecule has 5 aromatic carbocycles. The number of methoxy groups -OCH3 is 2.